The molecule has 2 fully saturated rings. The fourth-order valence-corrected chi connectivity index (χ4v) is 5.05. The monoisotopic (exact) mass is 351 g/mol. The molecule has 132 valence electrons. The number of nitrogens with zero attached hydrogens (tertiary/aromatic N) is 2. The van der Waals surface area contributed by atoms with E-state index in [1.807, 2.05) is 0 Å². The van der Waals surface area contributed by atoms with E-state index in [-0.39, 0.29) is 23.5 Å². The molecule has 2 heterocycles. The zero-order valence-corrected chi connectivity index (χ0v) is 14.9. The van der Waals surface area contributed by atoms with Crippen molar-refractivity contribution in [3.63, 3.8) is 0 Å². The third-order valence-corrected chi connectivity index (χ3v) is 6.47. The zero-order chi connectivity index (χ0) is 17.2. The number of hydrogen-bond acceptors (Lipinski definition) is 5. The molecule has 1 amide bonds. The Labute approximate surface area is 143 Å². The highest BCUT2D eigenvalue weighted by Gasteiger charge is 2.29. The van der Waals surface area contributed by atoms with E-state index in [1.54, 1.807) is 0 Å². The van der Waals surface area contributed by atoms with E-state index in [0.717, 1.165) is 26.2 Å². The molecule has 1 atom stereocenters. The van der Waals surface area contributed by atoms with Gasteiger partial charge in [0, 0.05) is 37.9 Å². The number of benzene rings is 1. The number of carbonyl (C=O) groups is 1. The van der Waals surface area contributed by atoms with Crippen molar-refractivity contribution >= 4 is 21.4 Å². The van der Waals surface area contributed by atoms with Crippen molar-refractivity contribution in [3.8, 4) is 0 Å². The smallest absolute Gasteiger partial charge is 0.234 e. The fourth-order valence-electron chi connectivity index (χ4n) is 3.37. The lowest BCUT2D eigenvalue weighted by Crippen LogP contribution is -2.50. The maximum absolute atomic E-state index is 12.1. The Kier molecular flexibility index (Phi) is 5.10. The van der Waals surface area contributed by atoms with Gasteiger partial charge >= 0.3 is 0 Å². The van der Waals surface area contributed by atoms with Crippen molar-refractivity contribution in [2.24, 2.45) is 0 Å². The molecule has 24 heavy (non-hydrogen) atoms. The van der Waals surface area contributed by atoms with Crippen molar-refractivity contribution in [2.45, 2.75) is 19.4 Å². The number of nitrogens with one attached hydrogen (secondary N) is 1. The standard InChI is InChI=1S/C17H25N3O3S/c1-14-3-2-4-16(11-14)20-8-6-19(7-9-20)12-17(21)18-15-5-10-24(22,23)13-15/h2-4,11,15H,5-10,12-13H2,1H3,(H,18,21). The van der Waals surface area contributed by atoms with Crippen LogP contribution >= 0.6 is 0 Å². The van der Waals surface area contributed by atoms with Crippen molar-refractivity contribution in [1.82, 2.24) is 10.2 Å². The summed E-state index contributed by atoms with van der Waals surface area (Å²) >= 11 is 0. The molecule has 7 heteroatoms. The van der Waals surface area contributed by atoms with E-state index in [4.69, 9.17) is 0 Å². The Balaban J connectivity index is 1.44. The number of piperazine rings is 1. The molecule has 2 saturated heterocycles. The number of anilines is 1. The topological polar surface area (TPSA) is 69.7 Å². The molecule has 6 nitrogen and oxygen atoms in total. The van der Waals surface area contributed by atoms with Crippen molar-refractivity contribution in [2.75, 3.05) is 49.1 Å². The minimum Gasteiger partial charge on any atom is -0.369 e. The predicted octanol–water partition coefficient (Wildman–Crippen LogP) is 0.420. The first kappa shape index (κ1) is 17.2. The van der Waals surface area contributed by atoms with Gasteiger partial charge in [-0.25, -0.2) is 8.42 Å². The molecule has 3 rings (SSSR count). The van der Waals surface area contributed by atoms with Crippen LogP contribution in [-0.4, -0.2) is 69.5 Å². The van der Waals surface area contributed by atoms with E-state index >= 15 is 0 Å². The lowest BCUT2D eigenvalue weighted by Gasteiger charge is -2.36. The van der Waals surface area contributed by atoms with Crippen LogP contribution in [0.2, 0.25) is 0 Å². The van der Waals surface area contributed by atoms with Crippen molar-refractivity contribution < 1.29 is 13.2 Å². The van der Waals surface area contributed by atoms with Crippen LogP contribution in [0.5, 0.6) is 0 Å². The van der Waals surface area contributed by atoms with E-state index in [1.165, 1.54) is 11.3 Å². The highest BCUT2D eigenvalue weighted by Crippen LogP contribution is 2.17. The van der Waals surface area contributed by atoms with Gasteiger partial charge in [-0.2, -0.15) is 0 Å². The lowest BCUT2D eigenvalue weighted by atomic mass is 10.2. The molecule has 0 aliphatic carbocycles. The average molecular weight is 351 g/mol. The summed E-state index contributed by atoms with van der Waals surface area (Å²) in [7, 11) is -2.95. The Morgan fingerprint density at radius 3 is 2.62 bits per heavy atom. The molecule has 0 saturated carbocycles. The van der Waals surface area contributed by atoms with Crippen LogP contribution in [-0.2, 0) is 14.6 Å². The van der Waals surface area contributed by atoms with Crippen LogP contribution in [0.3, 0.4) is 0 Å². The van der Waals surface area contributed by atoms with Gasteiger partial charge < -0.3 is 10.2 Å². The lowest BCUT2D eigenvalue weighted by molar-refractivity contribution is -0.122. The van der Waals surface area contributed by atoms with Gasteiger partial charge in [-0.3, -0.25) is 9.69 Å². The number of amides is 1. The maximum Gasteiger partial charge on any atom is 0.234 e. The molecule has 1 aromatic carbocycles. The second kappa shape index (κ2) is 7.11. The van der Waals surface area contributed by atoms with Crippen molar-refractivity contribution in [3.05, 3.63) is 29.8 Å². The Hall–Kier alpha value is -1.60. The first-order chi connectivity index (χ1) is 11.4. The molecule has 0 spiro atoms. The first-order valence-electron chi connectivity index (χ1n) is 8.45. The van der Waals surface area contributed by atoms with Gasteiger partial charge in [-0.05, 0) is 31.0 Å². The summed E-state index contributed by atoms with van der Waals surface area (Å²) < 4.78 is 22.9. The Morgan fingerprint density at radius 2 is 2.00 bits per heavy atom. The molecular weight excluding hydrogens is 326 g/mol. The largest absolute Gasteiger partial charge is 0.369 e. The summed E-state index contributed by atoms with van der Waals surface area (Å²) in [5.74, 6) is 0.202. The van der Waals surface area contributed by atoms with E-state index in [0.29, 0.717) is 13.0 Å². The van der Waals surface area contributed by atoms with Gasteiger partial charge in [0.2, 0.25) is 5.91 Å². The fraction of sp³-hybridized carbons (Fsp3) is 0.588. The maximum atomic E-state index is 12.1. The van der Waals surface area contributed by atoms with Crippen LogP contribution in [0.1, 0.15) is 12.0 Å². The Bertz CT molecular complexity index is 697. The van der Waals surface area contributed by atoms with Crippen LogP contribution in [0.15, 0.2) is 24.3 Å². The molecule has 0 aromatic heterocycles. The molecule has 0 radical (unpaired) electrons. The summed E-state index contributed by atoms with van der Waals surface area (Å²) in [6.45, 7) is 5.91. The number of aryl methyl sites for hydroxylation is 1. The quantitative estimate of drug-likeness (QED) is 0.851. The highest BCUT2D eigenvalue weighted by molar-refractivity contribution is 7.91. The summed E-state index contributed by atoms with van der Waals surface area (Å²) in [4.78, 5) is 16.6. The minimum atomic E-state index is -2.95. The minimum absolute atomic E-state index is 0.0684. The van der Waals surface area contributed by atoms with Gasteiger partial charge in [0.1, 0.15) is 0 Å². The number of carbonyl (C=O) groups excluding carboxylic acids is 1. The molecule has 1 unspecified atom stereocenters. The van der Waals surface area contributed by atoms with Gasteiger partial charge in [0.05, 0.1) is 18.1 Å². The third kappa shape index (κ3) is 4.48. The van der Waals surface area contributed by atoms with Crippen LogP contribution in [0.25, 0.3) is 0 Å². The summed E-state index contributed by atoms with van der Waals surface area (Å²) in [5, 5.41) is 2.86. The second-order valence-electron chi connectivity index (χ2n) is 6.77. The first-order valence-corrected chi connectivity index (χ1v) is 10.3. The summed E-state index contributed by atoms with van der Waals surface area (Å²) in [6.07, 6.45) is 0.537. The van der Waals surface area contributed by atoms with Gasteiger partial charge in [0.25, 0.3) is 0 Å². The highest BCUT2D eigenvalue weighted by atomic mass is 32.2. The number of sulfone groups is 1. The molecule has 1 N–H and O–H groups in total. The second-order valence-corrected chi connectivity index (χ2v) is 9.00. The normalized spacial score (nSPS) is 24.0. The molecule has 1 aromatic rings. The van der Waals surface area contributed by atoms with E-state index in [2.05, 4.69) is 46.3 Å². The van der Waals surface area contributed by atoms with Crippen molar-refractivity contribution in [1.29, 1.82) is 0 Å². The summed E-state index contributed by atoms with van der Waals surface area (Å²) in [6, 6.07) is 8.25. The summed E-state index contributed by atoms with van der Waals surface area (Å²) in [5.41, 5.74) is 2.48. The van der Waals surface area contributed by atoms with Crippen LogP contribution in [0, 0.1) is 6.92 Å². The SMILES string of the molecule is Cc1cccc(N2CCN(CC(=O)NC3CCS(=O)(=O)C3)CC2)c1. The number of hydrogen-bond donors (Lipinski definition) is 1. The van der Waals surface area contributed by atoms with Crippen LogP contribution in [0.4, 0.5) is 5.69 Å². The van der Waals surface area contributed by atoms with Crippen LogP contribution < -0.4 is 10.2 Å². The van der Waals surface area contributed by atoms with E-state index in [9.17, 15) is 13.2 Å². The van der Waals surface area contributed by atoms with Gasteiger partial charge in [-0.1, -0.05) is 12.1 Å². The average Bonchev–Trinajstić information content (AvgIpc) is 2.86. The van der Waals surface area contributed by atoms with Gasteiger partial charge in [0.15, 0.2) is 9.84 Å². The zero-order valence-electron chi connectivity index (χ0n) is 14.1. The predicted molar refractivity (Wildman–Crippen MR) is 95.0 cm³/mol. The van der Waals surface area contributed by atoms with Gasteiger partial charge in [-0.15, -0.1) is 0 Å². The van der Waals surface area contributed by atoms with E-state index < -0.39 is 9.84 Å². The Morgan fingerprint density at radius 1 is 1.25 bits per heavy atom. The molecular formula is C17H25N3O3S. The number of rotatable bonds is 4. The molecule has 2 aliphatic heterocycles. The molecule has 0 bridgehead atoms. The third-order valence-electron chi connectivity index (χ3n) is 4.70. The molecule has 2 aliphatic rings.